The van der Waals surface area contributed by atoms with Gasteiger partial charge < -0.3 is 15.4 Å². The molecule has 0 amide bonds. The van der Waals surface area contributed by atoms with E-state index in [-0.39, 0.29) is 18.6 Å². The van der Waals surface area contributed by atoms with E-state index in [2.05, 4.69) is 15.4 Å². The Kier molecular flexibility index (Phi) is 6.81. The highest BCUT2D eigenvalue weighted by molar-refractivity contribution is 5.23. The molecule has 1 fully saturated rings. The van der Waals surface area contributed by atoms with Crippen LogP contribution in [0.5, 0.6) is 0 Å². The lowest BCUT2D eigenvalue weighted by atomic mass is 9.83. The van der Waals surface area contributed by atoms with Gasteiger partial charge in [-0.2, -0.15) is 0 Å². The third kappa shape index (κ3) is 5.14. The van der Waals surface area contributed by atoms with Crippen LogP contribution in [0.3, 0.4) is 0 Å². The highest BCUT2D eigenvalue weighted by atomic mass is 19.4. The Balaban J connectivity index is 1.81. The van der Waals surface area contributed by atoms with Crippen molar-refractivity contribution in [2.75, 3.05) is 20.2 Å². The van der Waals surface area contributed by atoms with Crippen molar-refractivity contribution in [2.45, 2.75) is 62.8 Å². The van der Waals surface area contributed by atoms with Crippen molar-refractivity contribution in [2.24, 2.45) is 0 Å². The first-order chi connectivity index (χ1) is 13.3. The molecule has 0 saturated carbocycles. The molecule has 4 nitrogen and oxygen atoms in total. The number of nitrogens with one attached hydrogen (secondary N) is 2. The molecule has 156 valence electrons. The van der Waals surface area contributed by atoms with E-state index in [1.165, 1.54) is 7.11 Å². The minimum Gasteiger partial charge on any atom is -0.378 e. The first kappa shape index (κ1) is 21.3. The number of benzene rings is 1. The highest BCUT2D eigenvalue weighted by Crippen LogP contribution is 2.37. The zero-order valence-corrected chi connectivity index (χ0v) is 16.4. The molecule has 1 aliphatic heterocycles. The monoisotopic (exact) mass is 398 g/mol. The Morgan fingerprint density at radius 1 is 1.21 bits per heavy atom. The van der Waals surface area contributed by atoms with E-state index < -0.39 is 18.1 Å². The van der Waals surface area contributed by atoms with Crippen LogP contribution in [0.25, 0.3) is 0 Å². The minimum absolute atomic E-state index is 0.0120. The van der Waals surface area contributed by atoms with Crippen molar-refractivity contribution in [3.05, 3.63) is 47.5 Å². The highest BCUT2D eigenvalue weighted by Gasteiger charge is 2.49. The second-order valence-electron chi connectivity index (χ2n) is 7.73. The van der Waals surface area contributed by atoms with Crippen molar-refractivity contribution in [3.8, 4) is 0 Å². The molecule has 0 aromatic heterocycles. The van der Waals surface area contributed by atoms with E-state index in [1.807, 2.05) is 37.3 Å². The fourth-order valence-corrected chi connectivity index (χ4v) is 4.42. The molecule has 2 N–H and O–H groups in total. The lowest BCUT2D eigenvalue weighted by Crippen LogP contribution is -2.58. The summed E-state index contributed by atoms with van der Waals surface area (Å²) in [6.45, 7) is 2.77. The fraction of sp³-hybridized carbons (Fsp3) is 0.619. The second-order valence-corrected chi connectivity index (χ2v) is 7.73. The Bertz CT molecular complexity index is 665. The molecular formula is C21H29F3N2O2. The summed E-state index contributed by atoms with van der Waals surface area (Å²) >= 11 is 0. The Hall–Kier alpha value is -1.41. The molecule has 0 radical (unpaired) electrons. The number of methoxy groups -OCH3 is 1. The van der Waals surface area contributed by atoms with Crippen LogP contribution in [0.15, 0.2) is 42.0 Å². The van der Waals surface area contributed by atoms with Crippen LogP contribution in [0.4, 0.5) is 13.2 Å². The fourth-order valence-electron chi connectivity index (χ4n) is 4.42. The molecule has 0 bridgehead atoms. The van der Waals surface area contributed by atoms with E-state index in [1.54, 1.807) is 6.08 Å². The smallest absolute Gasteiger partial charge is 0.378 e. The molecule has 1 aliphatic carbocycles. The summed E-state index contributed by atoms with van der Waals surface area (Å²) in [7, 11) is 1.45. The van der Waals surface area contributed by atoms with Gasteiger partial charge in [0.05, 0.1) is 6.10 Å². The summed E-state index contributed by atoms with van der Waals surface area (Å²) in [4.78, 5) is 0. The van der Waals surface area contributed by atoms with Gasteiger partial charge in [0.25, 0.3) is 0 Å². The van der Waals surface area contributed by atoms with Gasteiger partial charge in [0.15, 0.2) is 0 Å². The quantitative estimate of drug-likeness (QED) is 0.708. The van der Waals surface area contributed by atoms with Gasteiger partial charge in [-0.05, 0) is 50.8 Å². The first-order valence-electron chi connectivity index (χ1n) is 9.83. The number of ether oxygens (including phenoxy) is 2. The molecule has 3 rings (SSSR count). The van der Waals surface area contributed by atoms with Crippen molar-refractivity contribution >= 4 is 0 Å². The summed E-state index contributed by atoms with van der Waals surface area (Å²) in [6, 6.07) is 10.1. The third-order valence-corrected chi connectivity index (χ3v) is 5.68. The van der Waals surface area contributed by atoms with Crippen molar-refractivity contribution in [1.29, 1.82) is 0 Å². The summed E-state index contributed by atoms with van der Waals surface area (Å²) in [5.74, 6) is 0. The molecule has 7 heteroatoms. The van der Waals surface area contributed by atoms with Crippen molar-refractivity contribution < 1.29 is 22.6 Å². The zero-order valence-electron chi connectivity index (χ0n) is 16.4. The SMILES string of the molecule is COC1CCC(C)=CC1(CNC1CCCNC1c1ccccc1)OC(F)(F)F. The Morgan fingerprint density at radius 2 is 1.96 bits per heavy atom. The standard InChI is InChI=1S/C21H29F3N2O2/c1-15-10-11-18(27-2)20(13-15,28-21(22,23)24)14-26-17-9-6-12-25-19(17)16-7-4-3-5-8-16/h3-5,7-8,13,17-19,25-26H,6,9-12,14H2,1-2H3. The third-order valence-electron chi connectivity index (χ3n) is 5.68. The normalized spacial score (nSPS) is 31.5. The summed E-state index contributed by atoms with van der Waals surface area (Å²) in [6.07, 6.45) is -0.737. The topological polar surface area (TPSA) is 42.5 Å². The van der Waals surface area contributed by atoms with Gasteiger partial charge in [0, 0.05) is 25.7 Å². The average Bonchev–Trinajstić information content (AvgIpc) is 2.66. The Morgan fingerprint density at radius 3 is 2.64 bits per heavy atom. The molecule has 1 saturated heterocycles. The van der Waals surface area contributed by atoms with E-state index in [4.69, 9.17) is 4.74 Å². The first-order valence-corrected chi connectivity index (χ1v) is 9.83. The number of piperidine rings is 1. The molecule has 1 aromatic rings. The molecule has 4 atom stereocenters. The van der Waals surface area contributed by atoms with E-state index >= 15 is 0 Å². The number of hydrogen-bond acceptors (Lipinski definition) is 4. The maximum absolute atomic E-state index is 13.3. The van der Waals surface area contributed by atoms with Gasteiger partial charge in [-0.25, -0.2) is 0 Å². The predicted molar refractivity (Wildman–Crippen MR) is 102 cm³/mol. The second kappa shape index (κ2) is 8.95. The van der Waals surface area contributed by atoms with Crippen LogP contribution in [-0.4, -0.2) is 44.3 Å². The molecule has 28 heavy (non-hydrogen) atoms. The molecular weight excluding hydrogens is 369 g/mol. The van der Waals surface area contributed by atoms with Gasteiger partial charge in [-0.15, -0.1) is 13.2 Å². The van der Waals surface area contributed by atoms with Gasteiger partial charge in [-0.3, -0.25) is 4.74 Å². The summed E-state index contributed by atoms with van der Waals surface area (Å²) < 4.78 is 50.0. The predicted octanol–water partition coefficient (Wildman–Crippen LogP) is 4.10. The minimum atomic E-state index is -4.74. The van der Waals surface area contributed by atoms with Crippen LogP contribution in [0.1, 0.15) is 44.2 Å². The molecule has 0 spiro atoms. The lowest BCUT2D eigenvalue weighted by molar-refractivity contribution is -0.370. The van der Waals surface area contributed by atoms with Crippen LogP contribution in [-0.2, 0) is 9.47 Å². The van der Waals surface area contributed by atoms with Gasteiger partial charge in [0.1, 0.15) is 5.60 Å². The number of alkyl halides is 3. The molecule has 1 heterocycles. The lowest BCUT2D eigenvalue weighted by Gasteiger charge is -2.43. The van der Waals surface area contributed by atoms with Crippen LogP contribution in [0.2, 0.25) is 0 Å². The maximum Gasteiger partial charge on any atom is 0.523 e. The van der Waals surface area contributed by atoms with Crippen LogP contribution in [0, 0.1) is 0 Å². The van der Waals surface area contributed by atoms with Crippen molar-refractivity contribution in [1.82, 2.24) is 10.6 Å². The molecule has 1 aromatic carbocycles. The summed E-state index contributed by atoms with van der Waals surface area (Å²) in [5.41, 5.74) is 0.457. The molecule has 4 unspecified atom stereocenters. The van der Waals surface area contributed by atoms with E-state index in [0.717, 1.165) is 30.5 Å². The number of rotatable bonds is 6. The molecule has 2 aliphatic rings. The van der Waals surface area contributed by atoms with Crippen LogP contribution < -0.4 is 10.6 Å². The number of allylic oxidation sites excluding steroid dienone is 1. The largest absolute Gasteiger partial charge is 0.523 e. The van der Waals surface area contributed by atoms with Gasteiger partial charge >= 0.3 is 6.36 Å². The summed E-state index contributed by atoms with van der Waals surface area (Å²) in [5, 5.41) is 6.87. The Labute approximate surface area is 164 Å². The number of halogens is 3. The maximum atomic E-state index is 13.3. The zero-order chi connectivity index (χ0) is 20.2. The van der Waals surface area contributed by atoms with Crippen LogP contribution >= 0.6 is 0 Å². The van der Waals surface area contributed by atoms with E-state index in [0.29, 0.717) is 12.8 Å². The van der Waals surface area contributed by atoms with Crippen molar-refractivity contribution in [3.63, 3.8) is 0 Å². The van der Waals surface area contributed by atoms with Gasteiger partial charge in [0.2, 0.25) is 0 Å². The number of hydrogen-bond donors (Lipinski definition) is 2. The average molecular weight is 398 g/mol. The van der Waals surface area contributed by atoms with E-state index in [9.17, 15) is 13.2 Å². The van der Waals surface area contributed by atoms with Gasteiger partial charge in [-0.1, -0.05) is 35.9 Å².